The molecule has 1 saturated carbocycles. The van der Waals surface area contributed by atoms with E-state index in [2.05, 4.69) is 24.1 Å². The number of hydrogen-bond donors (Lipinski definition) is 1. The van der Waals surface area contributed by atoms with Gasteiger partial charge in [-0.3, -0.25) is 0 Å². The quantitative estimate of drug-likeness (QED) is 0.790. The molecule has 0 spiro atoms. The molecule has 1 heterocycles. The highest BCUT2D eigenvalue weighted by Gasteiger charge is 2.26. The van der Waals surface area contributed by atoms with Gasteiger partial charge in [-0.15, -0.1) is 0 Å². The fraction of sp³-hybridized carbons (Fsp3) is 1.00. The molecule has 2 unspecified atom stereocenters. The van der Waals surface area contributed by atoms with E-state index < -0.39 is 0 Å². The highest BCUT2D eigenvalue weighted by molar-refractivity contribution is 4.83. The Morgan fingerprint density at radius 2 is 1.94 bits per heavy atom. The summed E-state index contributed by atoms with van der Waals surface area (Å²) in [5.41, 5.74) is 0. The van der Waals surface area contributed by atoms with Gasteiger partial charge in [0.2, 0.25) is 0 Å². The van der Waals surface area contributed by atoms with Gasteiger partial charge in [-0.05, 0) is 64.6 Å². The summed E-state index contributed by atoms with van der Waals surface area (Å²) < 4.78 is 0. The normalized spacial score (nSPS) is 30.8. The van der Waals surface area contributed by atoms with E-state index in [0.717, 1.165) is 18.0 Å². The second kappa shape index (κ2) is 6.02. The number of nitrogens with zero attached hydrogens (tertiary/aromatic N) is 1. The molecular weight excluding hydrogens is 196 g/mol. The van der Waals surface area contributed by atoms with Crippen LogP contribution < -0.4 is 5.32 Å². The van der Waals surface area contributed by atoms with Gasteiger partial charge >= 0.3 is 0 Å². The number of hydrogen-bond acceptors (Lipinski definition) is 2. The summed E-state index contributed by atoms with van der Waals surface area (Å²) in [6.45, 7) is 8.51. The number of likely N-dealkylation sites (tertiary alicyclic amines) is 1. The lowest BCUT2D eigenvalue weighted by Crippen LogP contribution is -2.43. The maximum absolute atomic E-state index is 3.88. The third-order valence-electron chi connectivity index (χ3n) is 4.62. The highest BCUT2D eigenvalue weighted by atomic mass is 15.1. The lowest BCUT2D eigenvalue weighted by molar-refractivity contribution is 0.220. The number of nitrogens with one attached hydrogen (secondary N) is 1. The molecule has 0 aromatic carbocycles. The van der Waals surface area contributed by atoms with Crippen molar-refractivity contribution in [1.29, 1.82) is 0 Å². The molecule has 2 rings (SSSR count). The summed E-state index contributed by atoms with van der Waals surface area (Å²) in [5.74, 6) is 0.977. The van der Waals surface area contributed by atoms with E-state index in [-0.39, 0.29) is 0 Å². The van der Waals surface area contributed by atoms with Crippen molar-refractivity contribution in [2.45, 2.75) is 64.5 Å². The van der Waals surface area contributed by atoms with Crippen molar-refractivity contribution in [3.05, 3.63) is 0 Å². The minimum atomic E-state index is 0.756. The van der Waals surface area contributed by atoms with Crippen LogP contribution in [0.5, 0.6) is 0 Å². The first-order valence-electron chi connectivity index (χ1n) is 7.28. The summed E-state index contributed by atoms with van der Waals surface area (Å²) in [5, 5.41) is 3.88. The lowest BCUT2D eigenvalue weighted by atomic mass is 9.80. The average molecular weight is 224 g/mol. The second-order valence-electron chi connectivity index (χ2n) is 5.71. The molecule has 1 aliphatic heterocycles. The maximum Gasteiger partial charge on any atom is 0.00823 e. The molecule has 0 aromatic rings. The van der Waals surface area contributed by atoms with Crippen molar-refractivity contribution < 1.29 is 0 Å². The Balaban J connectivity index is 1.72. The topological polar surface area (TPSA) is 15.3 Å². The van der Waals surface area contributed by atoms with E-state index in [4.69, 9.17) is 0 Å². The van der Waals surface area contributed by atoms with Crippen LogP contribution in [-0.2, 0) is 0 Å². The van der Waals surface area contributed by atoms with Crippen molar-refractivity contribution in [1.82, 2.24) is 10.2 Å². The Morgan fingerprint density at radius 3 is 2.56 bits per heavy atom. The van der Waals surface area contributed by atoms with Gasteiger partial charge in [-0.1, -0.05) is 13.3 Å². The Morgan fingerprint density at radius 1 is 1.12 bits per heavy atom. The molecule has 0 bridgehead atoms. The minimum Gasteiger partial charge on any atom is -0.311 e. The van der Waals surface area contributed by atoms with Crippen LogP contribution in [0, 0.1) is 5.92 Å². The van der Waals surface area contributed by atoms with Crippen LogP contribution in [0.1, 0.15) is 52.4 Å². The molecule has 0 radical (unpaired) electrons. The average Bonchev–Trinajstić information content (AvgIpc) is 2.40. The molecule has 2 aliphatic rings. The van der Waals surface area contributed by atoms with Crippen molar-refractivity contribution in [2.75, 3.05) is 19.6 Å². The van der Waals surface area contributed by atoms with Crippen LogP contribution in [0.25, 0.3) is 0 Å². The molecule has 0 amide bonds. The molecule has 1 saturated heterocycles. The summed E-state index contributed by atoms with van der Waals surface area (Å²) in [4.78, 5) is 2.59. The Labute approximate surface area is 101 Å². The van der Waals surface area contributed by atoms with Crippen LogP contribution in [0.3, 0.4) is 0 Å². The van der Waals surface area contributed by atoms with Crippen LogP contribution in [0.15, 0.2) is 0 Å². The molecule has 2 nitrogen and oxygen atoms in total. The van der Waals surface area contributed by atoms with Gasteiger partial charge in [-0.25, -0.2) is 0 Å². The molecular formula is C14H28N2. The van der Waals surface area contributed by atoms with Crippen LogP contribution >= 0.6 is 0 Å². The third-order valence-corrected chi connectivity index (χ3v) is 4.62. The summed E-state index contributed by atoms with van der Waals surface area (Å²) >= 11 is 0. The molecule has 16 heavy (non-hydrogen) atoms. The Hall–Kier alpha value is -0.0800. The van der Waals surface area contributed by atoms with Gasteiger partial charge in [0.1, 0.15) is 0 Å². The predicted molar refractivity (Wildman–Crippen MR) is 69.7 cm³/mol. The van der Waals surface area contributed by atoms with Crippen LogP contribution in [0.4, 0.5) is 0 Å². The first-order valence-corrected chi connectivity index (χ1v) is 7.28. The van der Waals surface area contributed by atoms with E-state index in [1.165, 1.54) is 58.2 Å². The van der Waals surface area contributed by atoms with Gasteiger partial charge in [-0.2, -0.15) is 0 Å². The van der Waals surface area contributed by atoms with Crippen LogP contribution in [0.2, 0.25) is 0 Å². The highest BCUT2D eigenvalue weighted by Crippen LogP contribution is 2.30. The van der Waals surface area contributed by atoms with E-state index in [9.17, 15) is 0 Å². The van der Waals surface area contributed by atoms with Crippen LogP contribution in [-0.4, -0.2) is 36.6 Å². The van der Waals surface area contributed by atoms with E-state index in [0.29, 0.717) is 0 Å². The smallest absolute Gasteiger partial charge is 0.00823 e. The predicted octanol–water partition coefficient (Wildman–Crippen LogP) is 2.64. The molecule has 2 atom stereocenters. The van der Waals surface area contributed by atoms with Gasteiger partial charge in [0, 0.05) is 12.1 Å². The van der Waals surface area contributed by atoms with Gasteiger partial charge in [0.25, 0.3) is 0 Å². The standard InChI is InChI=1S/C14H28N2/c1-3-16-10-5-8-14(9-11-16)15-12(2)13-6-4-7-13/h12-15H,3-11H2,1-2H3. The van der Waals surface area contributed by atoms with Crippen molar-refractivity contribution in [3.63, 3.8) is 0 Å². The van der Waals surface area contributed by atoms with Crippen molar-refractivity contribution in [3.8, 4) is 0 Å². The zero-order valence-electron chi connectivity index (χ0n) is 11.0. The fourth-order valence-electron chi connectivity index (χ4n) is 3.09. The summed E-state index contributed by atoms with van der Waals surface area (Å²) in [6.07, 6.45) is 8.50. The van der Waals surface area contributed by atoms with E-state index in [1.807, 2.05) is 0 Å². The monoisotopic (exact) mass is 224 g/mol. The Kier molecular flexibility index (Phi) is 4.66. The fourth-order valence-corrected chi connectivity index (χ4v) is 3.09. The van der Waals surface area contributed by atoms with E-state index >= 15 is 0 Å². The SMILES string of the molecule is CCN1CCCC(NC(C)C2CCC2)CC1. The van der Waals surface area contributed by atoms with Gasteiger partial charge in [0.15, 0.2) is 0 Å². The van der Waals surface area contributed by atoms with E-state index in [1.54, 1.807) is 0 Å². The lowest BCUT2D eigenvalue weighted by Gasteiger charge is -2.34. The van der Waals surface area contributed by atoms with Crippen molar-refractivity contribution >= 4 is 0 Å². The minimum absolute atomic E-state index is 0.756. The molecule has 1 N–H and O–H groups in total. The largest absolute Gasteiger partial charge is 0.311 e. The number of rotatable bonds is 4. The first kappa shape index (κ1) is 12.4. The molecule has 1 aliphatic carbocycles. The van der Waals surface area contributed by atoms with Gasteiger partial charge < -0.3 is 10.2 Å². The molecule has 94 valence electrons. The summed E-state index contributed by atoms with van der Waals surface area (Å²) in [6, 6.07) is 1.54. The Bertz CT molecular complexity index is 201. The van der Waals surface area contributed by atoms with Crippen molar-refractivity contribution in [2.24, 2.45) is 5.92 Å². The molecule has 2 heteroatoms. The first-order chi connectivity index (χ1) is 7.79. The molecule has 2 fully saturated rings. The third kappa shape index (κ3) is 3.21. The van der Waals surface area contributed by atoms with Gasteiger partial charge in [0.05, 0.1) is 0 Å². The zero-order valence-corrected chi connectivity index (χ0v) is 11.0. The maximum atomic E-state index is 3.88. The summed E-state index contributed by atoms with van der Waals surface area (Å²) in [7, 11) is 0. The second-order valence-corrected chi connectivity index (χ2v) is 5.71. The molecule has 0 aromatic heterocycles. The zero-order chi connectivity index (χ0) is 11.4.